The summed E-state index contributed by atoms with van der Waals surface area (Å²) in [5.74, 6) is 0.294. The maximum Gasteiger partial charge on any atom is 0.259 e. The molecule has 0 aliphatic rings. The Hall–Kier alpha value is -2.70. The van der Waals surface area contributed by atoms with Gasteiger partial charge in [0.05, 0.1) is 22.9 Å². The van der Waals surface area contributed by atoms with Crippen molar-refractivity contribution in [2.75, 3.05) is 12.4 Å². The minimum Gasteiger partial charge on any atom is -0.496 e. The van der Waals surface area contributed by atoms with Gasteiger partial charge in [-0.15, -0.1) is 11.3 Å². The number of amides is 1. The number of methoxy groups -OCH3 is 1. The summed E-state index contributed by atoms with van der Waals surface area (Å²) >= 11 is 5.02. The highest BCUT2D eigenvalue weighted by molar-refractivity contribution is 9.10. The first-order chi connectivity index (χ1) is 13.1. The lowest BCUT2D eigenvalue weighted by molar-refractivity contribution is 0.102. The van der Waals surface area contributed by atoms with Gasteiger partial charge in [-0.25, -0.2) is 4.98 Å². The van der Waals surface area contributed by atoms with E-state index < -0.39 is 0 Å². The van der Waals surface area contributed by atoms with Crippen LogP contribution in [0.2, 0.25) is 0 Å². The number of nitrogens with one attached hydrogen (secondary N) is 1. The molecule has 0 unspecified atom stereocenters. The van der Waals surface area contributed by atoms with Gasteiger partial charge in [0.15, 0.2) is 0 Å². The number of fused-ring (bicyclic) bond motifs is 1. The van der Waals surface area contributed by atoms with Gasteiger partial charge in [-0.1, -0.05) is 46.3 Å². The molecule has 0 spiro atoms. The second-order valence-corrected chi connectivity index (χ2v) is 7.81. The molecular formula is C21H15BrN2O2S. The van der Waals surface area contributed by atoms with Crippen LogP contribution < -0.4 is 10.1 Å². The number of halogens is 1. The van der Waals surface area contributed by atoms with Crippen molar-refractivity contribution in [3.05, 3.63) is 76.8 Å². The predicted octanol–water partition coefficient (Wildman–Crippen LogP) is 5.99. The Balaban J connectivity index is 1.63. The number of ether oxygens (including phenoxy) is 1. The van der Waals surface area contributed by atoms with Crippen LogP contribution in [0.4, 0.5) is 5.69 Å². The highest BCUT2D eigenvalue weighted by Crippen LogP contribution is 2.32. The molecule has 0 aliphatic heterocycles. The molecule has 1 aromatic heterocycles. The van der Waals surface area contributed by atoms with E-state index in [-0.39, 0.29) is 5.91 Å². The molecule has 4 nitrogen and oxygen atoms in total. The summed E-state index contributed by atoms with van der Waals surface area (Å²) in [4.78, 5) is 17.4. The molecule has 6 heteroatoms. The minimum absolute atomic E-state index is 0.231. The highest BCUT2D eigenvalue weighted by atomic mass is 79.9. The molecule has 134 valence electrons. The summed E-state index contributed by atoms with van der Waals surface area (Å²) in [5, 5.41) is 3.89. The molecule has 0 fully saturated rings. The zero-order chi connectivity index (χ0) is 18.8. The molecule has 0 saturated carbocycles. The van der Waals surface area contributed by atoms with Crippen LogP contribution in [0, 0.1) is 0 Å². The number of hydrogen-bond donors (Lipinski definition) is 1. The average molecular weight is 439 g/mol. The van der Waals surface area contributed by atoms with Crippen LogP contribution in [0.3, 0.4) is 0 Å². The molecule has 0 bridgehead atoms. The van der Waals surface area contributed by atoms with Crippen LogP contribution in [0.1, 0.15) is 10.4 Å². The van der Waals surface area contributed by atoms with E-state index in [2.05, 4.69) is 21.2 Å². The van der Waals surface area contributed by atoms with Crippen molar-refractivity contribution in [2.24, 2.45) is 0 Å². The van der Waals surface area contributed by atoms with Crippen LogP contribution in [0.5, 0.6) is 5.75 Å². The van der Waals surface area contributed by atoms with Crippen LogP contribution in [-0.2, 0) is 0 Å². The molecular weight excluding hydrogens is 424 g/mol. The van der Waals surface area contributed by atoms with Gasteiger partial charge in [0, 0.05) is 15.7 Å². The fraction of sp³-hybridized carbons (Fsp3) is 0.0476. The van der Waals surface area contributed by atoms with Crippen LogP contribution in [-0.4, -0.2) is 18.0 Å². The van der Waals surface area contributed by atoms with Gasteiger partial charge in [-0.3, -0.25) is 4.79 Å². The van der Waals surface area contributed by atoms with Gasteiger partial charge in [-0.05, 0) is 36.4 Å². The third kappa shape index (κ3) is 3.72. The van der Waals surface area contributed by atoms with Crippen molar-refractivity contribution in [3.8, 4) is 16.3 Å². The van der Waals surface area contributed by atoms with Crippen molar-refractivity contribution in [1.82, 2.24) is 4.98 Å². The summed E-state index contributed by atoms with van der Waals surface area (Å²) in [6.07, 6.45) is 0. The van der Waals surface area contributed by atoms with Crippen molar-refractivity contribution < 1.29 is 9.53 Å². The maximum absolute atomic E-state index is 12.7. The number of carbonyl (C=O) groups is 1. The molecule has 27 heavy (non-hydrogen) atoms. The summed E-state index contributed by atoms with van der Waals surface area (Å²) in [6.45, 7) is 0. The zero-order valence-corrected chi connectivity index (χ0v) is 16.8. The summed E-state index contributed by atoms with van der Waals surface area (Å²) in [7, 11) is 1.55. The first kappa shape index (κ1) is 17.7. The normalized spacial score (nSPS) is 10.7. The Morgan fingerprint density at radius 1 is 1.07 bits per heavy atom. The monoisotopic (exact) mass is 438 g/mol. The van der Waals surface area contributed by atoms with Crippen LogP contribution >= 0.6 is 27.3 Å². The third-order valence-electron chi connectivity index (χ3n) is 4.07. The topological polar surface area (TPSA) is 51.2 Å². The Morgan fingerprint density at radius 2 is 1.89 bits per heavy atom. The largest absolute Gasteiger partial charge is 0.496 e. The van der Waals surface area contributed by atoms with Crippen molar-refractivity contribution in [1.29, 1.82) is 0 Å². The van der Waals surface area contributed by atoms with Gasteiger partial charge < -0.3 is 10.1 Å². The molecule has 0 atom stereocenters. The lowest BCUT2D eigenvalue weighted by Crippen LogP contribution is -2.13. The first-order valence-corrected chi connectivity index (χ1v) is 9.86. The quantitative estimate of drug-likeness (QED) is 0.425. The number of thiazole rings is 1. The summed E-state index contributed by atoms with van der Waals surface area (Å²) < 4.78 is 7.18. The Labute approximate surface area is 169 Å². The molecule has 4 rings (SSSR count). The molecule has 1 amide bonds. The molecule has 1 N–H and O–H groups in total. The smallest absolute Gasteiger partial charge is 0.259 e. The Morgan fingerprint density at radius 3 is 2.67 bits per heavy atom. The Kier molecular flexibility index (Phi) is 4.92. The van der Waals surface area contributed by atoms with E-state index in [1.807, 2.05) is 54.6 Å². The summed E-state index contributed by atoms with van der Waals surface area (Å²) in [6, 6.07) is 21.2. The van der Waals surface area contributed by atoms with Crippen LogP contribution in [0.15, 0.2) is 71.2 Å². The maximum atomic E-state index is 12.7. The number of aromatic nitrogens is 1. The number of anilines is 1. The molecule has 0 aliphatic carbocycles. The van der Waals surface area contributed by atoms with Crippen molar-refractivity contribution in [3.63, 3.8) is 0 Å². The van der Waals surface area contributed by atoms with Gasteiger partial charge in [0.1, 0.15) is 10.8 Å². The number of rotatable bonds is 4. The van der Waals surface area contributed by atoms with E-state index in [0.29, 0.717) is 17.0 Å². The van der Waals surface area contributed by atoms with E-state index in [0.717, 1.165) is 25.3 Å². The number of carbonyl (C=O) groups excluding carboxylic acids is 1. The van der Waals surface area contributed by atoms with E-state index in [4.69, 9.17) is 9.72 Å². The summed E-state index contributed by atoms with van der Waals surface area (Å²) in [5.41, 5.74) is 3.11. The Bertz CT molecular complexity index is 1130. The predicted molar refractivity (Wildman–Crippen MR) is 114 cm³/mol. The van der Waals surface area contributed by atoms with Crippen LogP contribution in [0.25, 0.3) is 20.8 Å². The minimum atomic E-state index is -0.231. The fourth-order valence-electron chi connectivity index (χ4n) is 2.77. The zero-order valence-electron chi connectivity index (χ0n) is 14.4. The van der Waals surface area contributed by atoms with Gasteiger partial charge in [-0.2, -0.15) is 0 Å². The van der Waals surface area contributed by atoms with E-state index in [9.17, 15) is 4.79 Å². The van der Waals surface area contributed by atoms with E-state index >= 15 is 0 Å². The first-order valence-electron chi connectivity index (χ1n) is 8.25. The number of nitrogens with zero attached hydrogens (tertiary/aromatic N) is 1. The van der Waals surface area contributed by atoms with Crippen molar-refractivity contribution >= 4 is 49.1 Å². The molecule has 4 aromatic rings. The highest BCUT2D eigenvalue weighted by Gasteiger charge is 2.14. The third-order valence-corrected chi connectivity index (χ3v) is 5.65. The van der Waals surface area contributed by atoms with Crippen molar-refractivity contribution in [2.45, 2.75) is 0 Å². The molecule has 1 heterocycles. The second-order valence-electron chi connectivity index (χ2n) is 5.87. The molecule has 0 radical (unpaired) electrons. The standard InChI is InChI=1S/C21H15BrN2O2S/c1-26-18-9-7-14(22)11-16(18)20(25)23-15-8-10-19-17(12-15)24-21(27-19)13-5-3-2-4-6-13/h2-12H,1H3,(H,23,25). The second kappa shape index (κ2) is 7.50. The average Bonchev–Trinajstić information content (AvgIpc) is 3.12. The van der Waals surface area contributed by atoms with Gasteiger partial charge in [0.25, 0.3) is 5.91 Å². The lowest BCUT2D eigenvalue weighted by Gasteiger charge is -2.09. The molecule has 0 saturated heterocycles. The lowest BCUT2D eigenvalue weighted by atomic mass is 10.2. The van der Waals surface area contributed by atoms with Gasteiger partial charge in [0.2, 0.25) is 0 Å². The molecule has 3 aromatic carbocycles. The SMILES string of the molecule is COc1ccc(Br)cc1C(=O)Nc1ccc2sc(-c3ccccc3)nc2c1. The fourth-order valence-corrected chi connectivity index (χ4v) is 4.08. The van der Waals surface area contributed by atoms with Gasteiger partial charge >= 0.3 is 0 Å². The number of benzene rings is 3. The number of hydrogen-bond acceptors (Lipinski definition) is 4. The van der Waals surface area contributed by atoms with E-state index in [1.54, 1.807) is 30.6 Å². The van der Waals surface area contributed by atoms with E-state index in [1.165, 1.54) is 0 Å².